The molecule has 0 spiro atoms. The van der Waals surface area contributed by atoms with Crippen molar-refractivity contribution >= 4 is 0 Å². The molecule has 0 fully saturated rings. The lowest BCUT2D eigenvalue weighted by molar-refractivity contribution is 0.265. The predicted octanol–water partition coefficient (Wildman–Crippen LogP) is 2.47. The van der Waals surface area contributed by atoms with Gasteiger partial charge in [0.15, 0.2) is 0 Å². The molecule has 0 amide bonds. The lowest BCUT2D eigenvalue weighted by Gasteiger charge is -2.23. The van der Waals surface area contributed by atoms with Crippen LogP contribution in [0.15, 0.2) is 42.6 Å². The molecule has 0 aliphatic carbocycles. The molecule has 21 heavy (non-hydrogen) atoms. The van der Waals surface area contributed by atoms with Crippen LogP contribution in [0.3, 0.4) is 0 Å². The first-order valence-corrected chi connectivity index (χ1v) is 7.69. The highest BCUT2D eigenvalue weighted by Crippen LogP contribution is 2.11. The zero-order valence-electron chi connectivity index (χ0n) is 13.1. The molecule has 1 aromatic heterocycles. The molecule has 2 N–H and O–H groups in total. The zero-order valence-corrected chi connectivity index (χ0v) is 13.1. The van der Waals surface area contributed by atoms with E-state index in [1.165, 1.54) is 11.3 Å². The van der Waals surface area contributed by atoms with Crippen molar-refractivity contribution in [3.63, 3.8) is 0 Å². The molecule has 0 unspecified atom stereocenters. The molecule has 0 bridgehead atoms. The highest BCUT2D eigenvalue weighted by molar-refractivity contribution is 5.15. The fraction of sp³-hybridized carbons (Fsp3) is 0.471. The molecule has 1 aromatic carbocycles. The topological polar surface area (TPSA) is 47.1 Å². The van der Waals surface area contributed by atoms with Crippen LogP contribution in [-0.2, 0) is 13.0 Å². The van der Waals surface area contributed by atoms with Crippen LogP contribution >= 0.6 is 0 Å². The second kappa shape index (κ2) is 7.96. The van der Waals surface area contributed by atoms with Crippen molar-refractivity contribution < 1.29 is 0 Å². The van der Waals surface area contributed by atoms with Crippen LogP contribution in [0, 0.1) is 0 Å². The number of rotatable bonds is 8. The molecule has 1 heterocycles. The predicted molar refractivity (Wildman–Crippen MR) is 87.1 cm³/mol. The molecule has 0 aliphatic heterocycles. The van der Waals surface area contributed by atoms with Gasteiger partial charge in [-0.05, 0) is 31.9 Å². The van der Waals surface area contributed by atoms with Crippen molar-refractivity contribution in [2.75, 3.05) is 19.6 Å². The van der Waals surface area contributed by atoms with Gasteiger partial charge in [0.1, 0.15) is 0 Å². The van der Waals surface area contributed by atoms with Gasteiger partial charge in [0, 0.05) is 38.4 Å². The Hall–Kier alpha value is -1.65. The fourth-order valence-corrected chi connectivity index (χ4v) is 2.55. The second-order valence-electron chi connectivity index (χ2n) is 5.66. The minimum atomic E-state index is 0.392. The molecular weight excluding hydrogens is 260 g/mol. The van der Waals surface area contributed by atoms with Gasteiger partial charge < -0.3 is 5.73 Å². The van der Waals surface area contributed by atoms with Gasteiger partial charge in [-0.15, -0.1) is 0 Å². The molecule has 4 nitrogen and oxygen atoms in total. The first-order chi connectivity index (χ1) is 10.2. The van der Waals surface area contributed by atoms with Crippen LogP contribution in [0.2, 0.25) is 0 Å². The van der Waals surface area contributed by atoms with Gasteiger partial charge in [-0.3, -0.25) is 9.58 Å². The van der Waals surface area contributed by atoms with Gasteiger partial charge in [0.2, 0.25) is 0 Å². The van der Waals surface area contributed by atoms with E-state index in [1.54, 1.807) is 0 Å². The Balaban J connectivity index is 1.97. The van der Waals surface area contributed by atoms with Gasteiger partial charge in [-0.1, -0.05) is 30.3 Å². The Morgan fingerprint density at radius 1 is 1.14 bits per heavy atom. The molecular formula is C17H26N4. The third-order valence-electron chi connectivity index (χ3n) is 3.63. The summed E-state index contributed by atoms with van der Waals surface area (Å²) in [5.41, 5.74) is 8.39. The van der Waals surface area contributed by atoms with Gasteiger partial charge >= 0.3 is 0 Å². The monoisotopic (exact) mass is 286 g/mol. The maximum Gasteiger partial charge on any atom is 0.0527 e. The molecule has 0 radical (unpaired) electrons. The van der Waals surface area contributed by atoms with Gasteiger partial charge in [0.05, 0.1) is 5.69 Å². The normalized spacial score (nSPS) is 11.5. The number of benzene rings is 1. The molecule has 2 rings (SSSR count). The van der Waals surface area contributed by atoms with E-state index < -0.39 is 0 Å². The van der Waals surface area contributed by atoms with E-state index in [2.05, 4.69) is 64.9 Å². The summed E-state index contributed by atoms with van der Waals surface area (Å²) < 4.78 is 2.09. The molecule has 0 aliphatic rings. The van der Waals surface area contributed by atoms with Crippen LogP contribution in [0.1, 0.15) is 31.1 Å². The van der Waals surface area contributed by atoms with E-state index in [-0.39, 0.29) is 0 Å². The summed E-state index contributed by atoms with van der Waals surface area (Å²) in [4.78, 5) is 2.41. The van der Waals surface area contributed by atoms with Crippen molar-refractivity contribution in [2.45, 2.75) is 32.9 Å². The third-order valence-corrected chi connectivity index (χ3v) is 3.63. The van der Waals surface area contributed by atoms with Crippen LogP contribution in [0.25, 0.3) is 0 Å². The van der Waals surface area contributed by atoms with Crippen LogP contribution in [-0.4, -0.2) is 34.3 Å². The maximum absolute atomic E-state index is 5.76. The Kier molecular flexibility index (Phi) is 5.96. The van der Waals surface area contributed by atoms with E-state index in [9.17, 15) is 0 Å². The standard InChI is InChI=1S/C17H26N4/c1-15(2)21-17(8-11-19-21)14-20(13-10-18)12-9-16-6-4-3-5-7-16/h3-8,11,15H,9-10,12-14,18H2,1-2H3. The van der Waals surface area contributed by atoms with Crippen molar-refractivity contribution in [2.24, 2.45) is 5.73 Å². The van der Waals surface area contributed by atoms with Gasteiger partial charge in [-0.2, -0.15) is 5.10 Å². The van der Waals surface area contributed by atoms with Crippen LogP contribution < -0.4 is 5.73 Å². The number of hydrogen-bond donors (Lipinski definition) is 1. The minimum Gasteiger partial charge on any atom is -0.329 e. The Bertz CT molecular complexity index is 519. The van der Waals surface area contributed by atoms with E-state index in [0.29, 0.717) is 12.6 Å². The van der Waals surface area contributed by atoms with E-state index in [4.69, 9.17) is 5.73 Å². The first-order valence-electron chi connectivity index (χ1n) is 7.69. The summed E-state index contributed by atoms with van der Waals surface area (Å²) in [5, 5.41) is 4.41. The lowest BCUT2D eigenvalue weighted by atomic mass is 10.1. The summed E-state index contributed by atoms with van der Waals surface area (Å²) in [5.74, 6) is 0. The van der Waals surface area contributed by atoms with E-state index in [1.807, 2.05) is 6.20 Å². The summed E-state index contributed by atoms with van der Waals surface area (Å²) in [7, 11) is 0. The number of aromatic nitrogens is 2. The molecule has 0 saturated heterocycles. The van der Waals surface area contributed by atoms with Crippen molar-refractivity contribution in [1.82, 2.24) is 14.7 Å². The fourth-order valence-electron chi connectivity index (χ4n) is 2.55. The van der Waals surface area contributed by atoms with Crippen molar-refractivity contribution in [1.29, 1.82) is 0 Å². The molecule has 0 saturated carbocycles. The van der Waals surface area contributed by atoms with Crippen LogP contribution in [0.5, 0.6) is 0 Å². The molecule has 4 heteroatoms. The zero-order chi connectivity index (χ0) is 15.1. The Morgan fingerprint density at radius 2 is 1.90 bits per heavy atom. The summed E-state index contributed by atoms with van der Waals surface area (Å²) in [6.45, 7) is 7.84. The van der Waals surface area contributed by atoms with Crippen molar-refractivity contribution in [3.05, 3.63) is 53.9 Å². The van der Waals surface area contributed by atoms with Gasteiger partial charge in [0.25, 0.3) is 0 Å². The average molecular weight is 286 g/mol. The van der Waals surface area contributed by atoms with Gasteiger partial charge in [-0.25, -0.2) is 0 Å². The maximum atomic E-state index is 5.76. The second-order valence-corrected chi connectivity index (χ2v) is 5.66. The largest absolute Gasteiger partial charge is 0.329 e. The SMILES string of the molecule is CC(C)n1nccc1CN(CCN)CCc1ccccc1. The average Bonchev–Trinajstić information content (AvgIpc) is 2.94. The minimum absolute atomic E-state index is 0.392. The number of hydrogen-bond acceptors (Lipinski definition) is 3. The van der Waals surface area contributed by atoms with Crippen molar-refractivity contribution in [3.8, 4) is 0 Å². The summed E-state index contributed by atoms with van der Waals surface area (Å²) in [6, 6.07) is 13.1. The molecule has 2 aromatic rings. The Morgan fingerprint density at radius 3 is 2.57 bits per heavy atom. The summed E-state index contributed by atoms with van der Waals surface area (Å²) >= 11 is 0. The third kappa shape index (κ3) is 4.69. The van der Waals surface area contributed by atoms with E-state index in [0.717, 1.165) is 26.1 Å². The number of nitrogens with zero attached hydrogens (tertiary/aromatic N) is 3. The van der Waals surface area contributed by atoms with Crippen LogP contribution in [0.4, 0.5) is 0 Å². The number of nitrogens with two attached hydrogens (primary N) is 1. The molecule has 0 atom stereocenters. The first kappa shape index (κ1) is 15.7. The molecule has 114 valence electrons. The lowest BCUT2D eigenvalue weighted by Crippen LogP contribution is -2.32. The van der Waals surface area contributed by atoms with E-state index >= 15 is 0 Å². The smallest absolute Gasteiger partial charge is 0.0527 e. The summed E-state index contributed by atoms with van der Waals surface area (Å²) in [6.07, 6.45) is 2.93. The Labute approximate surface area is 127 Å². The highest BCUT2D eigenvalue weighted by atomic mass is 15.3. The highest BCUT2D eigenvalue weighted by Gasteiger charge is 2.11. The quantitative estimate of drug-likeness (QED) is 0.811.